The number of carbonyl (C=O) groups excluding carboxylic acids is 1. The zero-order valence-corrected chi connectivity index (χ0v) is 10.3. The van der Waals surface area contributed by atoms with E-state index >= 15 is 0 Å². The molecule has 1 aliphatic rings. The van der Waals surface area contributed by atoms with Gasteiger partial charge in [-0.3, -0.25) is 4.79 Å². The van der Waals surface area contributed by atoms with E-state index in [1.807, 2.05) is 0 Å². The lowest BCUT2D eigenvalue weighted by Gasteiger charge is -2.23. The number of carbonyl (C=O) groups is 1. The minimum absolute atomic E-state index is 0.00859. The van der Waals surface area contributed by atoms with Crippen LogP contribution < -0.4 is 0 Å². The van der Waals surface area contributed by atoms with Gasteiger partial charge in [-0.15, -0.1) is 0 Å². The van der Waals surface area contributed by atoms with E-state index in [1.54, 1.807) is 17.0 Å². The van der Waals surface area contributed by atoms with Gasteiger partial charge in [-0.1, -0.05) is 12.1 Å². The first-order valence-electron chi connectivity index (χ1n) is 6.35. The molecule has 1 aromatic carbocycles. The number of aliphatic hydroxyl groups is 1. The van der Waals surface area contributed by atoms with E-state index in [1.165, 1.54) is 12.1 Å². The molecular formula is C14H18FNO2. The standard InChI is InChI=1S/C14H18FNO2/c15-12-6-3-11(4-7-12)5-8-14(18)16-9-1-2-13(16)10-17/h3-4,6-7,13,17H,1-2,5,8-10H2/t13-/m0/s1. The number of rotatable bonds is 4. The number of hydrogen-bond acceptors (Lipinski definition) is 2. The lowest BCUT2D eigenvalue weighted by atomic mass is 10.1. The number of aryl methyl sites for hydroxylation is 1. The summed E-state index contributed by atoms with van der Waals surface area (Å²) in [4.78, 5) is 13.8. The van der Waals surface area contributed by atoms with Crippen LogP contribution >= 0.6 is 0 Å². The third-order valence-corrected chi connectivity index (χ3v) is 3.45. The van der Waals surface area contributed by atoms with Crippen LogP contribution in [0.25, 0.3) is 0 Å². The summed E-state index contributed by atoms with van der Waals surface area (Å²) in [5.74, 6) is -0.180. The van der Waals surface area contributed by atoms with Crippen molar-refractivity contribution in [1.29, 1.82) is 0 Å². The number of nitrogens with zero attached hydrogens (tertiary/aromatic N) is 1. The van der Waals surface area contributed by atoms with Crippen LogP contribution in [0, 0.1) is 5.82 Å². The van der Waals surface area contributed by atoms with Crippen LogP contribution in [0.15, 0.2) is 24.3 Å². The second kappa shape index (κ2) is 5.96. The molecule has 0 saturated carbocycles. The fourth-order valence-electron chi connectivity index (χ4n) is 2.40. The molecule has 0 aliphatic carbocycles. The summed E-state index contributed by atoms with van der Waals surface area (Å²) >= 11 is 0. The van der Waals surface area contributed by atoms with E-state index in [-0.39, 0.29) is 24.4 Å². The Balaban J connectivity index is 1.86. The molecule has 0 bridgehead atoms. The first-order chi connectivity index (χ1) is 8.70. The molecule has 0 unspecified atom stereocenters. The van der Waals surface area contributed by atoms with Gasteiger partial charge in [0.25, 0.3) is 0 Å². The van der Waals surface area contributed by atoms with E-state index in [4.69, 9.17) is 5.11 Å². The summed E-state index contributed by atoms with van der Waals surface area (Å²) in [5.41, 5.74) is 0.962. The predicted octanol–water partition coefficient (Wildman–Crippen LogP) is 1.74. The molecule has 1 saturated heterocycles. The SMILES string of the molecule is O=C(CCc1ccc(F)cc1)N1CCC[C@H]1CO. The van der Waals surface area contributed by atoms with Crippen molar-refractivity contribution < 1.29 is 14.3 Å². The number of aliphatic hydroxyl groups excluding tert-OH is 1. The Bertz CT molecular complexity index is 405. The molecular weight excluding hydrogens is 233 g/mol. The van der Waals surface area contributed by atoms with Crippen molar-refractivity contribution in [2.24, 2.45) is 0 Å². The Morgan fingerprint density at radius 2 is 2.11 bits per heavy atom. The first kappa shape index (κ1) is 13.0. The van der Waals surface area contributed by atoms with Gasteiger partial charge in [-0.25, -0.2) is 4.39 Å². The molecule has 0 radical (unpaired) electrons. The monoisotopic (exact) mass is 251 g/mol. The molecule has 18 heavy (non-hydrogen) atoms. The van der Waals surface area contributed by atoms with Gasteiger partial charge in [0.05, 0.1) is 12.6 Å². The van der Waals surface area contributed by atoms with E-state index in [2.05, 4.69) is 0 Å². The van der Waals surface area contributed by atoms with Crippen LogP contribution in [-0.2, 0) is 11.2 Å². The maximum atomic E-state index is 12.7. The number of likely N-dealkylation sites (tertiary alicyclic amines) is 1. The van der Waals surface area contributed by atoms with Crippen LogP contribution in [0.2, 0.25) is 0 Å². The maximum absolute atomic E-state index is 12.7. The third kappa shape index (κ3) is 3.07. The number of hydrogen-bond donors (Lipinski definition) is 1. The minimum Gasteiger partial charge on any atom is -0.394 e. The second-order valence-electron chi connectivity index (χ2n) is 4.69. The average molecular weight is 251 g/mol. The van der Waals surface area contributed by atoms with Crippen molar-refractivity contribution in [2.45, 2.75) is 31.7 Å². The topological polar surface area (TPSA) is 40.5 Å². The normalized spacial score (nSPS) is 19.2. The van der Waals surface area contributed by atoms with Crippen LogP contribution in [0.3, 0.4) is 0 Å². The van der Waals surface area contributed by atoms with Crippen molar-refractivity contribution in [3.05, 3.63) is 35.6 Å². The van der Waals surface area contributed by atoms with Crippen LogP contribution in [0.4, 0.5) is 4.39 Å². The van der Waals surface area contributed by atoms with Crippen LogP contribution in [-0.4, -0.2) is 35.1 Å². The lowest BCUT2D eigenvalue weighted by molar-refractivity contribution is -0.132. The summed E-state index contributed by atoms with van der Waals surface area (Å²) in [6.45, 7) is 0.787. The molecule has 1 amide bonds. The number of benzene rings is 1. The minimum atomic E-state index is -0.259. The fourth-order valence-corrected chi connectivity index (χ4v) is 2.40. The highest BCUT2D eigenvalue weighted by Crippen LogP contribution is 2.18. The van der Waals surface area contributed by atoms with E-state index in [0.29, 0.717) is 12.8 Å². The quantitative estimate of drug-likeness (QED) is 0.885. The molecule has 1 fully saturated rings. The Kier molecular flexibility index (Phi) is 4.31. The zero-order chi connectivity index (χ0) is 13.0. The lowest BCUT2D eigenvalue weighted by Crippen LogP contribution is -2.37. The van der Waals surface area contributed by atoms with Gasteiger partial charge in [0.2, 0.25) is 5.91 Å². The van der Waals surface area contributed by atoms with Crippen molar-refractivity contribution in [3.63, 3.8) is 0 Å². The van der Waals surface area contributed by atoms with Crippen molar-refractivity contribution in [2.75, 3.05) is 13.2 Å². The number of halogens is 1. The van der Waals surface area contributed by atoms with Crippen molar-refractivity contribution >= 4 is 5.91 Å². The van der Waals surface area contributed by atoms with E-state index in [9.17, 15) is 9.18 Å². The molecule has 0 aromatic heterocycles. The van der Waals surface area contributed by atoms with Gasteiger partial charge in [-0.05, 0) is 37.0 Å². The molecule has 0 spiro atoms. The highest BCUT2D eigenvalue weighted by atomic mass is 19.1. The van der Waals surface area contributed by atoms with Gasteiger partial charge in [0, 0.05) is 13.0 Å². The van der Waals surface area contributed by atoms with Crippen molar-refractivity contribution in [3.8, 4) is 0 Å². The summed E-state index contributed by atoms with van der Waals surface area (Å²) < 4.78 is 12.7. The summed E-state index contributed by atoms with van der Waals surface area (Å²) in [7, 11) is 0. The second-order valence-corrected chi connectivity index (χ2v) is 4.69. The van der Waals surface area contributed by atoms with Gasteiger partial charge >= 0.3 is 0 Å². The molecule has 1 aromatic rings. The molecule has 1 aliphatic heterocycles. The molecule has 1 heterocycles. The Morgan fingerprint density at radius 3 is 2.78 bits per heavy atom. The van der Waals surface area contributed by atoms with Gasteiger partial charge in [0.1, 0.15) is 5.82 Å². The third-order valence-electron chi connectivity index (χ3n) is 3.45. The molecule has 2 rings (SSSR count). The summed E-state index contributed by atoms with van der Waals surface area (Å²) in [5, 5.41) is 9.17. The van der Waals surface area contributed by atoms with Crippen molar-refractivity contribution in [1.82, 2.24) is 4.90 Å². The van der Waals surface area contributed by atoms with E-state index in [0.717, 1.165) is 24.9 Å². The first-order valence-corrected chi connectivity index (χ1v) is 6.35. The van der Waals surface area contributed by atoms with Gasteiger partial charge in [0.15, 0.2) is 0 Å². The Hall–Kier alpha value is -1.42. The summed E-state index contributed by atoms with van der Waals surface area (Å²) in [6, 6.07) is 6.22. The average Bonchev–Trinajstić information content (AvgIpc) is 2.86. The van der Waals surface area contributed by atoms with Crippen LogP contribution in [0.5, 0.6) is 0 Å². The Labute approximate surface area is 106 Å². The highest BCUT2D eigenvalue weighted by Gasteiger charge is 2.27. The van der Waals surface area contributed by atoms with E-state index < -0.39 is 0 Å². The fraction of sp³-hybridized carbons (Fsp3) is 0.500. The van der Waals surface area contributed by atoms with Crippen LogP contribution in [0.1, 0.15) is 24.8 Å². The molecule has 1 atom stereocenters. The maximum Gasteiger partial charge on any atom is 0.223 e. The molecule has 4 heteroatoms. The molecule has 98 valence electrons. The highest BCUT2D eigenvalue weighted by molar-refractivity contribution is 5.77. The van der Waals surface area contributed by atoms with Gasteiger partial charge < -0.3 is 10.0 Å². The molecule has 3 nitrogen and oxygen atoms in total. The number of amides is 1. The Morgan fingerprint density at radius 1 is 1.39 bits per heavy atom. The molecule has 1 N–H and O–H groups in total. The van der Waals surface area contributed by atoms with Gasteiger partial charge in [-0.2, -0.15) is 0 Å². The predicted molar refractivity (Wildman–Crippen MR) is 66.5 cm³/mol. The smallest absolute Gasteiger partial charge is 0.223 e. The summed E-state index contributed by atoms with van der Waals surface area (Å²) in [6.07, 6.45) is 2.89. The zero-order valence-electron chi connectivity index (χ0n) is 10.3. The largest absolute Gasteiger partial charge is 0.394 e.